The van der Waals surface area contributed by atoms with E-state index in [9.17, 15) is 18.4 Å². The number of likely N-dealkylation sites (tertiary alicyclic amines) is 1. The maximum atomic E-state index is 14.2. The van der Waals surface area contributed by atoms with Crippen LogP contribution in [-0.2, 0) is 11.3 Å². The van der Waals surface area contributed by atoms with Crippen LogP contribution in [0.15, 0.2) is 40.9 Å². The van der Waals surface area contributed by atoms with E-state index in [1.807, 2.05) is 24.3 Å². The molecule has 2 aliphatic heterocycles. The Bertz CT molecular complexity index is 1010. The highest BCUT2D eigenvalue weighted by atomic mass is 79.9. The molecule has 2 aromatic carbocycles. The van der Waals surface area contributed by atoms with Crippen LogP contribution >= 0.6 is 15.9 Å². The minimum absolute atomic E-state index is 0.157. The highest BCUT2D eigenvalue weighted by Gasteiger charge is 2.47. The van der Waals surface area contributed by atoms with Crippen LogP contribution in [0.1, 0.15) is 34.3 Å². The molecule has 1 spiro atoms. The van der Waals surface area contributed by atoms with Crippen LogP contribution in [0.5, 0.6) is 0 Å². The van der Waals surface area contributed by atoms with Crippen molar-refractivity contribution in [2.45, 2.75) is 31.9 Å². The fraction of sp³-hybridized carbons (Fsp3) is 0.364. The second-order valence-electron chi connectivity index (χ2n) is 7.89. The van der Waals surface area contributed by atoms with Gasteiger partial charge < -0.3 is 9.64 Å². The summed E-state index contributed by atoms with van der Waals surface area (Å²) in [6, 6.07) is 10.4. The van der Waals surface area contributed by atoms with E-state index in [2.05, 4.69) is 15.9 Å². The number of aryl methyl sites for hydroxylation is 1. The molecule has 30 heavy (non-hydrogen) atoms. The van der Waals surface area contributed by atoms with E-state index in [1.54, 1.807) is 4.90 Å². The number of hydrogen-bond donors (Lipinski definition) is 0. The van der Waals surface area contributed by atoms with Gasteiger partial charge in [0.05, 0.1) is 12.1 Å². The Hall–Kier alpha value is -2.48. The quantitative estimate of drug-likeness (QED) is 0.644. The predicted octanol–water partition coefficient (Wildman–Crippen LogP) is 4.66. The topological polar surface area (TPSA) is 49.9 Å². The molecule has 0 aromatic heterocycles. The monoisotopic (exact) mass is 478 g/mol. The maximum absolute atomic E-state index is 14.2. The number of carbonyl (C=O) groups excluding carboxylic acids is 2. The zero-order valence-electron chi connectivity index (χ0n) is 16.5. The highest BCUT2D eigenvalue weighted by molar-refractivity contribution is 9.10. The standard InChI is InChI=1S/C22H21BrF2N2O3/c1-14-5-6-17(19(25)18(14)24)20(28)26-9-7-22(8-10-26)13-27(21(29)30-22)12-15-3-2-4-16(23)11-15/h2-6,11H,7-10,12-13H2,1H3. The van der Waals surface area contributed by atoms with Gasteiger partial charge in [0.15, 0.2) is 11.6 Å². The highest BCUT2D eigenvalue weighted by Crippen LogP contribution is 2.34. The van der Waals surface area contributed by atoms with E-state index >= 15 is 0 Å². The number of ether oxygens (including phenoxy) is 1. The average molecular weight is 479 g/mol. The molecule has 0 radical (unpaired) electrons. The third-order valence-electron chi connectivity index (χ3n) is 5.77. The van der Waals surface area contributed by atoms with Crippen molar-refractivity contribution >= 4 is 27.9 Å². The number of benzene rings is 2. The molecule has 2 aliphatic rings. The molecule has 5 nitrogen and oxygen atoms in total. The fourth-order valence-corrected chi connectivity index (χ4v) is 4.48. The molecular weight excluding hydrogens is 458 g/mol. The van der Waals surface area contributed by atoms with Gasteiger partial charge >= 0.3 is 6.09 Å². The normalized spacial score (nSPS) is 18.1. The number of amides is 2. The Morgan fingerprint density at radius 1 is 1.17 bits per heavy atom. The van der Waals surface area contributed by atoms with Crippen molar-refractivity contribution in [2.24, 2.45) is 0 Å². The number of piperidine rings is 1. The number of halogens is 3. The summed E-state index contributed by atoms with van der Waals surface area (Å²) in [6.07, 6.45) is 0.534. The van der Waals surface area contributed by atoms with Crippen molar-refractivity contribution in [3.05, 3.63) is 69.2 Å². The number of hydrogen-bond acceptors (Lipinski definition) is 3. The van der Waals surface area contributed by atoms with E-state index in [4.69, 9.17) is 4.74 Å². The molecule has 0 saturated carbocycles. The van der Waals surface area contributed by atoms with E-state index in [-0.39, 0.29) is 17.2 Å². The number of nitrogens with zero attached hydrogens (tertiary/aromatic N) is 2. The largest absolute Gasteiger partial charge is 0.441 e. The Balaban J connectivity index is 1.41. The molecule has 2 aromatic rings. The maximum Gasteiger partial charge on any atom is 0.410 e. The lowest BCUT2D eigenvalue weighted by Gasteiger charge is -2.37. The first kappa shape index (κ1) is 20.8. The zero-order valence-corrected chi connectivity index (χ0v) is 18.0. The molecule has 0 bridgehead atoms. The lowest BCUT2D eigenvalue weighted by Crippen LogP contribution is -2.48. The van der Waals surface area contributed by atoms with E-state index < -0.39 is 23.1 Å². The Morgan fingerprint density at radius 2 is 1.90 bits per heavy atom. The van der Waals surface area contributed by atoms with E-state index in [0.717, 1.165) is 10.0 Å². The van der Waals surface area contributed by atoms with Gasteiger partial charge in [-0.15, -0.1) is 0 Å². The summed E-state index contributed by atoms with van der Waals surface area (Å²) < 4.78 is 34.7. The molecule has 8 heteroatoms. The summed E-state index contributed by atoms with van der Waals surface area (Å²) in [7, 11) is 0. The van der Waals surface area contributed by atoms with Gasteiger partial charge in [-0.25, -0.2) is 13.6 Å². The fourth-order valence-electron chi connectivity index (χ4n) is 4.03. The first-order valence-electron chi connectivity index (χ1n) is 9.74. The minimum Gasteiger partial charge on any atom is -0.441 e. The third kappa shape index (κ3) is 3.93. The van der Waals surface area contributed by atoms with Gasteiger partial charge in [0.1, 0.15) is 5.60 Å². The molecule has 4 rings (SSSR count). The molecular formula is C22H21BrF2N2O3. The van der Waals surface area contributed by atoms with Crippen LogP contribution in [0.3, 0.4) is 0 Å². The first-order valence-corrected chi connectivity index (χ1v) is 10.5. The smallest absolute Gasteiger partial charge is 0.410 e. The van der Waals surface area contributed by atoms with Crippen molar-refractivity contribution in [1.82, 2.24) is 9.80 Å². The molecule has 2 heterocycles. The summed E-state index contributed by atoms with van der Waals surface area (Å²) in [5.74, 6) is -2.66. The number of rotatable bonds is 3. The summed E-state index contributed by atoms with van der Waals surface area (Å²) in [5.41, 5.74) is 0.221. The predicted molar refractivity (Wildman–Crippen MR) is 110 cm³/mol. The summed E-state index contributed by atoms with van der Waals surface area (Å²) >= 11 is 3.43. The number of carbonyl (C=O) groups is 2. The van der Waals surface area contributed by atoms with Crippen LogP contribution in [-0.4, -0.2) is 47.0 Å². The van der Waals surface area contributed by atoms with Gasteiger partial charge in [-0.2, -0.15) is 0 Å². The van der Waals surface area contributed by atoms with Crippen molar-refractivity contribution < 1.29 is 23.1 Å². The van der Waals surface area contributed by atoms with Crippen molar-refractivity contribution in [2.75, 3.05) is 19.6 Å². The van der Waals surface area contributed by atoms with Crippen LogP contribution in [0.4, 0.5) is 13.6 Å². The summed E-state index contributed by atoms with van der Waals surface area (Å²) in [4.78, 5) is 28.2. The summed E-state index contributed by atoms with van der Waals surface area (Å²) in [6.45, 7) is 2.95. The van der Waals surface area contributed by atoms with Gasteiger partial charge in [-0.3, -0.25) is 9.69 Å². The van der Waals surface area contributed by atoms with E-state index in [0.29, 0.717) is 39.0 Å². The zero-order chi connectivity index (χ0) is 21.5. The third-order valence-corrected chi connectivity index (χ3v) is 6.26. The van der Waals surface area contributed by atoms with Crippen molar-refractivity contribution in [3.63, 3.8) is 0 Å². The average Bonchev–Trinajstić information content (AvgIpc) is 3.01. The molecule has 2 amide bonds. The lowest BCUT2D eigenvalue weighted by atomic mass is 9.91. The van der Waals surface area contributed by atoms with Crippen molar-refractivity contribution in [3.8, 4) is 0 Å². The molecule has 2 fully saturated rings. The minimum atomic E-state index is -1.12. The van der Waals surface area contributed by atoms with Crippen LogP contribution in [0.2, 0.25) is 0 Å². The van der Waals surface area contributed by atoms with Gasteiger partial charge in [-0.1, -0.05) is 34.1 Å². The molecule has 2 saturated heterocycles. The SMILES string of the molecule is Cc1ccc(C(=O)N2CCC3(CC2)CN(Cc2cccc(Br)c2)C(=O)O3)c(F)c1F. The van der Waals surface area contributed by atoms with Gasteiger partial charge in [0.25, 0.3) is 5.91 Å². The van der Waals surface area contributed by atoms with E-state index in [1.165, 1.54) is 24.0 Å². The van der Waals surface area contributed by atoms with Gasteiger partial charge in [0.2, 0.25) is 0 Å². The molecule has 158 valence electrons. The summed E-state index contributed by atoms with van der Waals surface area (Å²) in [5, 5.41) is 0. The Morgan fingerprint density at radius 3 is 2.60 bits per heavy atom. The Kier molecular flexibility index (Phi) is 5.53. The molecule has 0 aliphatic carbocycles. The van der Waals surface area contributed by atoms with Gasteiger partial charge in [-0.05, 0) is 36.2 Å². The van der Waals surface area contributed by atoms with Crippen LogP contribution in [0, 0.1) is 18.6 Å². The first-order chi connectivity index (χ1) is 14.3. The molecule has 0 N–H and O–H groups in total. The molecule has 0 unspecified atom stereocenters. The second kappa shape index (κ2) is 7.98. The lowest BCUT2D eigenvalue weighted by molar-refractivity contribution is 0.00299. The second-order valence-corrected chi connectivity index (χ2v) is 8.80. The van der Waals surface area contributed by atoms with Crippen LogP contribution < -0.4 is 0 Å². The van der Waals surface area contributed by atoms with Crippen molar-refractivity contribution in [1.29, 1.82) is 0 Å². The van der Waals surface area contributed by atoms with Crippen LogP contribution in [0.25, 0.3) is 0 Å². The van der Waals surface area contributed by atoms with Gasteiger partial charge in [0, 0.05) is 36.9 Å². The molecule has 0 atom stereocenters. The Labute approximate surface area is 181 Å².